The molecule has 0 aliphatic rings. The number of nitrogens with zero attached hydrogens (tertiary/aromatic N) is 2. The molecule has 0 saturated carbocycles. The van der Waals surface area contributed by atoms with E-state index in [4.69, 9.17) is 0 Å². The molecule has 4 aromatic rings. The molecule has 0 radical (unpaired) electrons. The molecular formula is C24H21F2N5O. The quantitative estimate of drug-likeness (QED) is 0.393. The number of aryl methyl sites for hydroxylation is 1. The van der Waals surface area contributed by atoms with Crippen molar-refractivity contribution >= 4 is 34.3 Å². The van der Waals surface area contributed by atoms with E-state index in [1.807, 2.05) is 37.3 Å². The number of amides is 1. The van der Waals surface area contributed by atoms with E-state index in [1.54, 1.807) is 19.2 Å². The van der Waals surface area contributed by atoms with Gasteiger partial charge in [0.2, 0.25) is 5.95 Å². The van der Waals surface area contributed by atoms with E-state index in [9.17, 15) is 13.6 Å². The molecule has 4 rings (SSSR count). The van der Waals surface area contributed by atoms with Crippen molar-refractivity contribution in [1.82, 2.24) is 9.97 Å². The fraction of sp³-hybridized carbons (Fsp3) is 0.125. The highest BCUT2D eigenvalue weighted by atomic mass is 19.1. The van der Waals surface area contributed by atoms with Crippen LogP contribution < -0.4 is 16.0 Å². The van der Waals surface area contributed by atoms with E-state index in [-0.39, 0.29) is 5.56 Å². The standard InChI is InChI=1S/C24H21F2N5O/c1-14-3-10-21-19(11-14)22(31-24(27-2)30-21)28-13-15-4-7-17(8-5-15)29-23(32)18-9-6-16(25)12-20(18)26/h3-12H,13H2,1-2H3,(H,29,32)(H2,27,28,30,31). The molecule has 0 aliphatic carbocycles. The lowest BCUT2D eigenvalue weighted by atomic mass is 10.1. The fourth-order valence-corrected chi connectivity index (χ4v) is 3.25. The minimum atomic E-state index is -0.906. The van der Waals surface area contributed by atoms with Gasteiger partial charge >= 0.3 is 0 Å². The first-order valence-corrected chi connectivity index (χ1v) is 9.98. The number of carbonyl (C=O) groups excluding carboxylic acids is 1. The fourth-order valence-electron chi connectivity index (χ4n) is 3.25. The minimum absolute atomic E-state index is 0.219. The Labute approximate surface area is 183 Å². The summed E-state index contributed by atoms with van der Waals surface area (Å²) in [5.74, 6) is -1.04. The van der Waals surface area contributed by atoms with Crippen molar-refractivity contribution in [3.63, 3.8) is 0 Å². The van der Waals surface area contributed by atoms with Gasteiger partial charge in [-0.05, 0) is 48.9 Å². The zero-order chi connectivity index (χ0) is 22.7. The van der Waals surface area contributed by atoms with Crippen LogP contribution in [0.5, 0.6) is 0 Å². The van der Waals surface area contributed by atoms with E-state index in [0.29, 0.717) is 30.1 Å². The molecule has 1 amide bonds. The number of anilines is 3. The van der Waals surface area contributed by atoms with E-state index >= 15 is 0 Å². The third-order valence-corrected chi connectivity index (χ3v) is 4.92. The minimum Gasteiger partial charge on any atom is -0.365 e. The Morgan fingerprint density at radius 2 is 1.75 bits per heavy atom. The molecule has 3 N–H and O–H groups in total. The van der Waals surface area contributed by atoms with Gasteiger partial charge in [-0.3, -0.25) is 4.79 Å². The molecule has 1 aromatic heterocycles. The Morgan fingerprint density at radius 1 is 0.969 bits per heavy atom. The summed E-state index contributed by atoms with van der Waals surface area (Å²) in [5, 5.41) is 9.85. The van der Waals surface area contributed by atoms with E-state index in [1.165, 1.54) is 0 Å². The summed E-state index contributed by atoms with van der Waals surface area (Å²) in [6.45, 7) is 2.52. The third-order valence-electron chi connectivity index (χ3n) is 4.92. The first-order chi connectivity index (χ1) is 15.4. The van der Waals surface area contributed by atoms with Crippen LogP contribution in [0, 0.1) is 18.6 Å². The molecule has 32 heavy (non-hydrogen) atoms. The predicted molar refractivity (Wildman–Crippen MR) is 122 cm³/mol. The Balaban J connectivity index is 1.46. The van der Waals surface area contributed by atoms with Crippen molar-refractivity contribution in [2.45, 2.75) is 13.5 Å². The summed E-state index contributed by atoms with van der Waals surface area (Å²) in [6.07, 6.45) is 0. The van der Waals surface area contributed by atoms with Gasteiger partial charge in [0.25, 0.3) is 5.91 Å². The van der Waals surface area contributed by atoms with Gasteiger partial charge in [-0.15, -0.1) is 0 Å². The van der Waals surface area contributed by atoms with Gasteiger partial charge in [0.1, 0.15) is 17.5 Å². The maximum absolute atomic E-state index is 13.8. The number of fused-ring (bicyclic) bond motifs is 1. The molecule has 0 atom stereocenters. The third kappa shape index (κ3) is 4.64. The molecule has 0 fully saturated rings. The van der Waals surface area contributed by atoms with Crippen LogP contribution in [0.2, 0.25) is 0 Å². The number of rotatable bonds is 6. The van der Waals surface area contributed by atoms with E-state index in [0.717, 1.165) is 34.2 Å². The van der Waals surface area contributed by atoms with Gasteiger partial charge in [-0.25, -0.2) is 13.8 Å². The largest absolute Gasteiger partial charge is 0.365 e. The zero-order valence-corrected chi connectivity index (χ0v) is 17.5. The molecule has 0 saturated heterocycles. The molecular weight excluding hydrogens is 412 g/mol. The Bertz CT molecular complexity index is 1290. The molecule has 0 aliphatic heterocycles. The maximum atomic E-state index is 13.8. The van der Waals surface area contributed by atoms with Crippen molar-refractivity contribution in [2.75, 3.05) is 23.0 Å². The van der Waals surface area contributed by atoms with Crippen molar-refractivity contribution in [1.29, 1.82) is 0 Å². The van der Waals surface area contributed by atoms with Gasteiger partial charge in [0.15, 0.2) is 0 Å². The van der Waals surface area contributed by atoms with Crippen molar-refractivity contribution < 1.29 is 13.6 Å². The smallest absolute Gasteiger partial charge is 0.258 e. The number of nitrogens with one attached hydrogen (secondary N) is 3. The first-order valence-electron chi connectivity index (χ1n) is 9.98. The Morgan fingerprint density at radius 3 is 2.47 bits per heavy atom. The molecule has 0 spiro atoms. The lowest BCUT2D eigenvalue weighted by molar-refractivity contribution is 0.102. The number of aromatic nitrogens is 2. The van der Waals surface area contributed by atoms with Gasteiger partial charge in [0, 0.05) is 30.7 Å². The summed E-state index contributed by atoms with van der Waals surface area (Å²) in [4.78, 5) is 21.3. The van der Waals surface area contributed by atoms with E-state index < -0.39 is 17.5 Å². The molecule has 8 heteroatoms. The number of hydrogen-bond donors (Lipinski definition) is 3. The normalized spacial score (nSPS) is 10.8. The monoisotopic (exact) mass is 433 g/mol. The van der Waals surface area contributed by atoms with Crippen LogP contribution in [0.15, 0.2) is 60.7 Å². The molecule has 0 unspecified atom stereocenters. The zero-order valence-electron chi connectivity index (χ0n) is 17.5. The first kappa shape index (κ1) is 21.2. The predicted octanol–water partition coefficient (Wildman–Crippen LogP) is 5.12. The van der Waals surface area contributed by atoms with Crippen molar-refractivity contribution in [2.24, 2.45) is 0 Å². The van der Waals surface area contributed by atoms with Gasteiger partial charge < -0.3 is 16.0 Å². The summed E-state index contributed by atoms with van der Waals surface area (Å²) in [5.41, 5.74) is 3.19. The molecule has 6 nitrogen and oxygen atoms in total. The number of benzene rings is 3. The highest BCUT2D eigenvalue weighted by Gasteiger charge is 2.13. The highest BCUT2D eigenvalue weighted by Crippen LogP contribution is 2.24. The summed E-state index contributed by atoms with van der Waals surface area (Å²) in [6, 6.07) is 16.0. The van der Waals surface area contributed by atoms with Crippen LogP contribution in [-0.4, -0.2) is 22.9 Å². The van der Waals surface area contributed by atoms with Gasteiger partial charge in [0.05, 0.1) is 11.1 Å². The number of carbonyl (C=O) groups is 1. The summed E-state index contributed by atoms with van der Waals surface area (Å²) >= 11 is 0. The maximum Gasteiger partial charge on any atom is 0.258 e. The molecule has 1 heterocycles. The highest BCUT2D eigenvalue weighted by molar-refractivity contribution is 6.04. The van der Waals surface area contributed by atoms with Crippen LogP contribution in [0.25, 0.3) is 10.9 Å². The average Bonchev–Trinajstić information content (AvgIpc) is 2.78. The van der Waals surface area contributed by atoms with Crippen LogP contribution in [-0.2, 0) is 6.54 Å². The summed E-state index contributed by atoms with van der Waals surface area (Å²) in [7, 11) is 1.77. The van der Waals surface area contributed by atoms with Crippen LogP contribution in [0.3, 0.4) is 0 Å². The van der Waals surface area contributed by atoms with E-state index in [2.05, 4.69) is 25.9 Å². The second kappa shape index (κ2) is 8.97. The Hall–Kier alpha value is -4.07. The van der Waals surface area contributed by atoms with Crippen LogP contribution >= 0.6 is 0 Å². The lowest BCUT2D eigenvalue weighted by Gasteiger charge is -2.12. The van der Waals surface area contributed by atoms with Crippen LogP contribution in [0.4, 0.5) is 26.2 Å². The topological polar surface area (TPSA) is 78.9 Å². The van der Waals surface area contributed by atoms with Gasteiger partial charge in [-0.1, -0.05) is 23.8 Å². The molecule has 3 aromatic carbocycles. The Kier molecular flexibility index (Phi) is 5.93. The van der Waals surface area contributed by atoms with Crippen molar-refractivity contribution in [3.05, 3.63) is 89.0 Å². The van der Waals surface area contributed by atoms with Gasteiger partial charge in [-0.2, -0.15) is 4.98 Å². The van der Waals surface area contributed by atoms with Crippen molar-refractivity contribution in [3.8, 4) is 0 Å². The molecule has 0 bridgehead atoms. The average molecular weight is 433 g/mol. The SMILES string of the molecule is CNc1nc(NCc2ccc(NC(=O)c3ccc(F)cc3F)cc2)c2cc(C)ccc2n1. The second-order valence-electron chi connectivity index (χ2n) is 7.30. The van der Waals surface area contributed by atoms with Crippen LogP contribution in [0.1, 0.15) is 21.5 Å². The second-order valence-corrected chi connectivity index (χ2v) is 7.30. The lowest BCUT2D eigenvalue weighted by Crippen LogP contribution is -2.14. The number of halogens is 2. The molecule has 162 valence electrons. The number of hydrogen-bond acceptors (Lipinski definition) is 5. The summed E-state index contributed by atoms with van der Waals surface area (Å²) < 4.78 is 26.8.